The molecule has 1 fully saturated rings. The maximum absolute atomic E-state index is 5.76. The van der Waals surface area contributed by atoms with Crippen LogP contribution in [0, 0.1) is 0 Å². The second-order valence-corrected chi connectivity index (χ2v) is 4.60. The standard InChI is InChI=1S/C8H18N2S/c1-3-8(6-9)7(2)11-5-4-10-8/h7,10H,3-6,9H2,1-2H3. The molecule has 11 heavy (non-hydrogen) atoms. The highest BCUT2D eigenvalue weighted by atomic mass is 32.2. The van der Waals surface area contributed by atoms with Gasteiger partial charge in [-0.3, -0.25) is 0 Å². The summed E-state index contributed by atoms with van der Waals surface area (Å²) in [6, 6.07) is 0. The quantitative estimate of drug-likeness (QED) is 0.651. The zero-order valence-corrected chi connectivity index (χ0v) is 8.21. The molecule has 1 aliphatic heterocycles. The summed E-state index contributed by atoms with van der Waals surface area (Å²) in [6.07, 6.45) is 1.14. The van der Waals surface area contributed by atoms with Crippen LogP contribution in [0.2, 0.25) is 0 Å². The Hall–Kier alpha value is 0.270. The molecule has 0 aliphatic carbocycles. The van der Waals surface area contributed by atoms with Crippen molar-refractivity contribution in [2.45, 2.75) is 31.1 Å². The summed E-state index contributed by atoms with van der Waals surface area (Å²) in [4.78, 5) is 0. The Morgan fingerprint density at radius 2 is 2.45 bits per heavy atom. The third kappa shape index (κ3) is 1.71. The summed E-state index contributed by atoms with van der Waals surface area (Å²) >= 11 is 2.03. The minimum atomic E-state index is 0.211. The number of hydrogen-bond donors (Lipinski definition) is 2. The Labute approximate surface area is 73.3 Å². The van der Waals surface area contributed by atoms with E-state index in [0.29, 0.717) is 5.25 Å². The van der Waals surface area contributed by atoms with Crippen LogP contribution >= 0.6 is 11.8 Å². The SMILES string of the molecule is CCC1(CN)NCCSC1C. The molecule has 0 amide bonds. The van der Waals surface area contributed by atoms with Crippen molar-refractivity contribution >= 4 is 11.8 Å². The summed E-state index contributed by atoms with van der Waals surface area (Å²) in [5.74, 6) is 1.23. The third-order valence-electron chi connectivity index (χ3n) is 2.72. The van der Waals surface area contributed by atoms with Crippen LogP contribution in [0.3, 0.4) is 0 Å². The van der Waals surface area contributed by atoms with Gasteiger partial charge in [0.1, 0.15) is 0 Å². The molecule has 1 saturated heterocycles. The molecule has 2 nitrogen and oxygen atoms in total. The van der Waals surface area contributed by atoms with Gasteiger partial charge in [0.2, 0.25) is 0 Å². The summed E-state index contributed by atoms with van der Waals surface area (Å²) in [6.45, 7) is 6.35. The van der Waals surface area contributed by atoms with Crippen LogP contribution in [-0.2, 0) is 0 Å². The van der Waals surface area contributed by atoms with Gasteiger partial charge in [0.15, 0.2) is 0 Å². The molecule has 66 valence electrons. The average Bonchev–Trinajstić information content (AvgIpc) is 2.06. The molecule has 3 heteroatoms. The maximum Gasteiger partial charge on any atom is 0.0418 e. The monoisotopic (exact) mass is 174 g/mol. The predicted octanol–water partition coefficient (Wildman–Crippen LogP) is 0.819. The lowest BCUT2D eigenvalue weighted by molar-refractivity contribution is 0.318. The van der Waals surface area contributed by atoms with Gasteiger partial charge in [-0.2, -0.15) is 11.8 Å². The maximum atomic E-state index is 5.76. The smallest absolute Gasteiger partial charge is 0.0418 e. The highest BCUT2D eigenvalue weighted by Crippen LogP contribution is 2.28. The van der Waals surface area contributed by atoms with E-state index in [4.69, 9.17) is 5.73 Å². The van der Waals surface area contributed by atoms with Crippen molar-refractivity contribution in [2.75, 3.05) is 18.8 Å². The van der Waals surface area contributed by atoms with Crippen LogP contribution in [0.4, 0.5) is 0 Å². The molecular formula is C8H18N2S. The van der Waals surface area contributed by atoms with E-state index in [1.165, 1.54) is 5.75 Å². The van der Waals surface area contributed by atoms with Crippen molar-refractivity contribution in [3.63, 3.8) is 0 Å². The third-order valence-corrected chi connectivity index (χ3v) is 4.11. The number of nitrogens with one attached hydrogen (secondary N) is 1. The van der Waals surface area contributed by atoms with Crippen LogP contribution in [0.15, 0.2) is 0 Å². The Morgan fingerprint density at radius 3 is 2.82 bits per heavy atom. The van der Waals surface area contributed by atoms with Gasteiger partial charge in [0.25, 0.3) is 0 Å². The lowest BCUT2D eigenvalue weighted by atomic mass is 9.92. The average molecular weight is 174 g/mol. The molecule has 1 heterocycles. The second kappa shape index (κ2) is 3.78. The first kappa shape index (κ1) is 9.36. The fraction of sp³-hybridized carbons (Fsp3) is 1.00. The first-order valence-electron chi connectivity index (χ1n) is 4.32. The summed E-state index contributed by atoms with van der Waals surface area (Å²) in [5.41, 5.74) is 5.97. The van der Waals surface area contributed by atoms with E-state index in [1.54, 1.807) is 0 Å². The van der Waals surface area contributed by atoms with E-state index in [-0.39, 0.29) is 5.54 Å². The van der Waals surface area contributed by atoms with Gasteiger partial charge in [-0.05, 0) is 6.42 Å². The van der Waals surface area contributed by atoms with Crippen molar-refractivity contribution in [3.05, 3.63) is 0 Å². The van der Waals surface area contributed by atoms with Crippen LogP contribution in [0.1, 0.15) is 20.3 Å². The lowest BCUT2D eigenvalue weighted by Crippen LogP contribution is -2.60. The van der Waals surface area contributed by atoms with Gasteiger partial charge in [0.05, 0.1) is 0 Å². The number of thioether (sulfide) groups is 1. The lowest BCUT2D eigenvalue weighted by Gasteiger charge is -2.41. The Bertz CT molecular complexity index is 123. The minimum absolute atomic E-state index is 0.211. The molecule has 2 unspecified atom stereocenters. The topological polar surface area (TPSA) is 38.0 Å². The van der Waals surface area contributed by atoms with Crippen LogP contribution < -0.4 is 11.1 Å². The van der Waals surface area contributed by atoms with Crippen LogP contribution in [0.25, 0.3) is 0 Å². The number of nitrogens with two attached hydrogens (primary N) is 1. The number of rotatable bonds is 2. The first-order chi connectivity index (χ1) is 5.25. The highest BCUT2D eigenvalue weighted by Gasteiger charge is 2.35. The van der Waals surface area contributed by atoms with Gasteiger partial charge in [0, 0.05) is 29.6 Å². The van der Waals surface area contributed by atoms with Crippen molar-refractivity contribution in [2.24, 2.45) is 5.73 Å². The molecule has 0 radical (unpaired) electrons. The van der Waals surface area contributed by atoms with Crippen molar-refractivity contribution < 1.29 is 0 Å². The largest absolute Gasteiger partial charge is 0.329 e. The van der Waals surface area contributed by atoms with Crippen LogP contribution in [-0.4, -0.2) is 29.6 Å². The van der Waals surface area contributed by atoms with Crippen LogP contribution in [0.5, 0.6) is 0 Å². The van der Waals surface area contributed by atoms with E-state index in [1.807, 2.05) is 11.8 Å². The number of hydrogen-bond acceptors (Lipinski definition) is 3. The molecule has 2 atom stereocenters. The first-order valence-corrected chi connectivity index (χ1v) is 5.37. The Balaban J connectivity index is 2.61. The normalized spacial score (nSPS) is 39.0. The van der Waals surface area contributed by atoms with Gasteiger partial charge in [-0.15, -0.1) is 0 Å². The van der Waals surface area contributed by atoms with E-state index in [2.05, 4.69) is 19.2 Å². The molecule has 0 spiro atoms. The molecule has 0 aromatic rings. The van der Waals surface area contributed by atoms with Gasteiger partial charge in [-0.25, -0.2) is 0 Å². The fourth-order valence-electron chi connectivity index (χ4n) is 1.63. The molecule has 0 aromatic heterocycles. The van der Waals surface area contributed by atoms with Crippen molar-refractivity contribution in [3.8, 4) is 0 Å². The summed E-state index contributed by atoms with van der Waals surface area (Å²) in [5, 5.41) is 4.19. The van der Waals surface area contributed by atoms with Gasteiger partial charge >= 0.3 is 0 Å². The fourth-order valence-corrected chi connectivity index (χ4v) is 2.87. The minimum Gasteiger partial charge on any atom is -0.329 e. The Morgan fingerprint density at radius 1 is 1.73 bits per heavy atom. The van der Waals surface area contributed by atoms with Gasteiger partial charge in [-0.1, -0.05) is 13.8 Å². The molecular weight excluding hydrogens is 156 g/mol. The van der Waals surface area contributed by atoms with Gasteiger partial charge < -0.3 is 11.1 Å². The molecule has 0 saturated carbocycles. The van der Waals surface area contributed by atoms with Crippen molar-refractivity contribution in [1.82, 2.24) is 5.32 Å². The van der Waals surface area contributed by atoms with E-state index < -0.39 is 0 Å². The molecule has 0 bridgehead atoms. The second-order valence-electron chi connectivity index (χ2n) is 3.15. The summed E-state index contributed by atoms with van der Waals surface area (Å²) in [7, 11) is 0. The zero-order chi connectivity index (χ0) is 8.32. The molecule has 3 N–H and O–H groups in total. The van der Waals surface area contributed by atoms with E-state index in [0.717, 1.165) is 19.5 Å². The van der Waals surface area contributed by atoms with E-state index >= 15 is 0 Å². The Kier molecular flexibility index (Phi) is 3.22. The zero-order valence-electron chi connectivity index (χ0n) is 7.39. The highest BCUT2D eigenvalue weighted by molar-refractivity contribution is 8.00. The van der Waals surface area contributed by atoms with Crippen molar-refractivity contribution in [1.29, 1.82) is 0 Å². The molecule has 1 rings (SSSR count). The summed E-state index contributed by atoms with van der Waals surface area (Å²) < 4.78 is 0. The molecule has 1 aliphatic rings. The van der Waals surface area contributed by atoms with E-state index in [9.17, 15) is 0 Å². The predicted molar refractivity (Wildman–Crippen MR) is 52.0 cm³/mol. The molecule has 0 aromatic carbocycles.